The van der Waals surface area contributed by atoms with Gasteiger partial charge in [0, 0.05) is 23.2 Å². The normalized spacial score (nSPS) is 17.2. The molecule has 1 amide bonds. The van der Waals surface area contributed by atoms with E-state index in [0.717, 1.165) is 60.1 Å². The number of aromatic nitrogens is 1. The van der Waals surface area contributed by atoms with Crippen molar-refractivity contribution in [1.82, 2.24) is 15.2 Å². The number of rotatable bonds is 5. The fourth-order valence-electron chi connectivity index (χ4n) is 4.19. The third-order valence-corrected chi connectivity index (χ3v) is 6.05. The molecule has 5 heteroatoms. The highest BCUT2D eigenvalue weighted by molar-refractivity contribution is 5.89. The van der Waals surface area contributed by atoms with Gasteiger partial charge in [-0.2, -0.15) is 0 Å². The van der Waals surface area contributed by atoms with E-state index in [1.165, 1.54) is 5.56 Å². The molecule has 1 atom stereocenters. The summed E-state index contributed by atoms with van der Waals surface area (Å²) < 4.78 is 5.83. The van der Waals surface area contributed by atoms with Crippen LogP contribution in [-0.4, -0.2) is 34.9 Å². The fraction of sp³-hybridized carbons (Fsp3) is 0.417. The third-order valence-electron chi connectivity index (χ3n) is 6.05. The minimum absolute atomic E-state index is 0.142. The van der Waals surface area contributed by atoms with E-state index in [1.807, 2.05) is 23.1 Å². The Bertz CT molecular complexity index is 972. The summed E-state index contributed by atoms with van der Waals surface area (Å²) in [7, 11) is 0. The number of furan rings is 1. The molecule has 1 aliphatic heterocycles. The largest absolute Gasteiger partial charge is 0.464 e. The number of hydrogen-bond acceptors (Lipinski definition) is 4. The van der Waals surface area contributed by atoms with Crippen molar-refractivity contribution in [3.8, 4) is 0 Å². The number of carbonyl (C=O) groups excluding carboxylic acids is 1. The van der Waals surface area contributed by atoms with Gasteiger partial charge in [-0.25, -0.2) is 0 Å². The minimum Gasteiger partial charge on any atom is -0.464 e. The summed E-state index contributed by atoms with van der Waals surface area (Å²) in [5.74, 6) is 0.142. The molecule has 0 radical (unpaired) electrons. The number of hydrogen-bond donors (Lipinski definition) is 1. The molecule has 152 valence electrons. The zero-order valence-electron chi connectivity index (χ0n) is 17.3. The predicted molar refractivity (Wildman–Crippen MR) is 115 cm³/mol. The van der Waals surface area contributed by atoms with Gasteiger partial charge in [0.1, 0.15) is 5.58 Å². The number of carbonyl (C=O) groups is 1. The molecule has 1 unspecified atom stereocenters. The molecule has 29 heavy (non-hydrogen) atoms. The lowest BCUT2D eigenvalue weighted by molar-refractivity contribution is -0.133. The Morgan fingerprint density at radius 1 is 1.21 bits per heavy atom. The van der Waals surface area contributed by atoms with Crippen molar-refractivity contribution < 1.29 is 9.21 Å². The lowest BCUT2D eigenvalue weighted by Gasteiger charge is -2.31. The number of fused-ring (bicyclic) bond motifs is 1. The zero-order valence-corrected chi connectivity index (χ0v) is 17.3. The number of benzene rings is 1. The average Bonchev–Trinajstić information content (AvgIpc) is 2.95. The summed E-state index contributed by atoms with van der Waals surface area (Å²) in [6.45, 7) is 6.67. The second-order valence-electron chi connectivity index (χ2n) is 8.00. The van der Waals surface area contributed by atoms with E-state index in [1.54, 1.807) is 12.5 Å². The highest BCUT2D eigenvalue weighted by atomic mass is 16.3. The van der Waals surface area contributed by atoms with Crippen molar-refractivity contribution in [2.45, 2.75) is 52.1 Å². The molecule has 2 aromatic heterocycles. The lowest BCUT2D eigenvalue weighted by Crippen LogP contribution is -2.41. The van der Waals surface area contributed by atoms with Gasteiger partial charge in [-0.05, 0) is 69.5 Å². The molecule has 3 heterocycles. The number of pyridine rings is 1. The molecule has 0 spiro atoms. The number of nitrogens with one attached hydrogen (secondary N) is 1. The van der Waals surface area contributed by atoms with Gasteiger partial charge in [-0.15, -0.1) is 0 Å². The molecule has 1 aromatic carbocycles. The van der Waals surface area contributed by atoms with Crippen molar-refractivity contribution in [2.75, 3.05) is 13.1 Å². The summed E-state index contributed by atoms with van der Waals surface area (Å²) in [6, 6.07) is 10.3. The summed E-state index contributed by atoms with van der Waals surface area (Å²) in [4.78, 5) is 20.0. The molecule has 1 aliphatic rings. The maximum Gasteiger partial charge on any atom is 0.227 e. The van der Waals surface area contributed by atoms with Crippen LogP contribution in [0.2, 0.25) is 0 Å². The van der Waals surface area contributed by atoms with Gasteiger partial charge in [-0.1, -0.05) is 18.2 Å². The monoisotopic (exact) mass is 391 g/mol. The Labute approximate surface area is 172 Å². The van der Waals surface area contributed by atoms with Crippen LogP contribution in [0.3, 0.4) is 0 Å². The Morgan fingerprint density at radius 3 is 2.93 bits per heavy atom. The SMILES string of the molecule is Cc1ccc2c(CC(=O)N(Cc3ccccn3)C3CCCNCC3)coc2c1C. The second-order valence-corrected chi connectivity index (χ2v) is 8.00. The molecule has 0 saturated carbocycles. The van der Waals surface area contributed by atoms with Gasteiger partial charge in [0.25, 0.3) is 0 Å². The Hall–Kier alpha value is -2.66. The average molecular weight is 392 g/mol. The van der Waals surface area contributed by atoms with Crippen LogP contribution in [-0.2, 0) is 17.8 Å². The van der Waals surface area contributed by atoms with Gasteiger partial charge in [0.15, 0.2) is 0 Å². The number of aryl methyl sites for hydroxylation is 2. The maximum absolute atomic E-state index is 13.5. The molecule has 0 bridgehead atoms. The Balaban J connectivity index is 1.60. The van der Waals surface area contributed by atoms with Crippen LogP contribution in [0.5, 0.6) is 0 Å². The quantitative estimate of drug-likeness (QED) is 0.710. The molecule has 4 rings (SSSR count). The summed E-state index contributed by atoms with van der Waals surface area (Å²) in [6.07, 6.45) is 6.99. The van der Waals surface area contributed by atoms with Crippen molar-refractivity contribution in [1.29, 1.82) is 0 Å². The summed E-state index contributed by atoms with van der Waals surface area (Å²) in [5.41, 5.74) is 5.13. The first-order valence-electron chi connectivity index (χ1n) is 10.5. The van der Waals surface area contributed by atoms with Gasteiger partial charge < -0.3 is 14.6 Å². The van der Waals surface area contributed by atoms with Crippen LogP contribution >= 0.6 is 0 Å². The summed E-state index contributed by atoms with van der Waals surface area (Å²) in [5, 5.41) is 4.49. The molecule has 3 aromatic rings. The van der Waals surface area contributed by atoms with Crippen LogP contribution in [0.15, 0.2) is 47.2 Å². The highest BCUT2D eigenvalue weighted by Crippen LogP contribution is 2.28. The van der Waals surface area contributed by atoms with Crippen LogP contribution in [0.4, 0.5) is 0 Å². The first-order chi connectivity index (χ1) is 14.1. The molecular formula is C24H29N3O2. The zero-order chi connectivity index (χ0) is 20.2. The van der Waals surface area contributed by atoms with Crippen LogP contribution in [0, 0.1) is 13.8 Å². The van der Waals surface area contributed by atoms with Crippen LogP contribution < -0.4 is 5.32 Å². The summed E-state index contributed by atoms with van der Waals surface area (Å²) >= 11 is 0. The first kappa shape index (κ1) is 19.6. The predicted octanol–water partition coefficient (Wildman–Crippen LogP) is 4.16. The van der Waals surface area contributed by atoms with E-state index in [0.29, 0.717) is 13.0 Å². The van der Waals surface area contributed by atoms with Gasteiger partial charge in [0.2, 0.25) is 5.91 Å². The molecule has 1 N–H and O–H groups in total. The van der Waals surface area contributed by atoms with E-state index in [2.05, 4.69) is 36.3 Å². The molecule has 1 fully saturated rings. The van der Waals surface area contributed by atoms with Crippen LogP contribution in [0.25, 0.3) is 11.0 Å². The van der Waals surface area contributed by atoms with Crippen molar-refractivity contribution in [3.05, 3.63) is 65.2 Å². The molecule has 0 aliphatic carbocycles. The van der Waals surface area contributed by atoms with E-state index < -0.39 is 0 Å². The maximum atomic E-state index is 13.5. The van der Waals surface area contributed by atoms with Crippen molar-refractivity contribution in [2.24, 2.45) is 0 Å². The highest BCUT2D eigenvalue weighted by Gasteiger charge is 2.26. The number of nitrogens with zero attached hydrogens (tertiary/aromatic N) is 2. The van der Waals surface area contributed by atoms with Gasteiger partial charge in [-0.3, -0.25) is 9.78 Å². The molecule has 5 nitrogen and oxygen atoms in total. The second kappa shape index (κ2) is 8.78. The molecular weight excluding hydrogens is 362 g/mol. The lowest BCUT2D eigenvalue weighted by atomic mass is 10.0. The third kappa shape index (κ3) is 4.35. The van der Waals surface area contributed by atoms with E-state index >= 15 is 0 Å². The van der Waals surface area contributed by atoms with Crippen LogP contribution in [0.1, 0.15) is 41.6 Å². The van der Waals surface area contributed by atoms with E-state index in [9.17, 15) is 4.79 Å². The van der Waals surface area contributed by atoms with Gasteiger partial charge >= 0.3 is 0 Å². The Kier molecular flexibility index (Phi) is 5.95. The van der Waals surface area contributed by atoms with Crippen molar-refractivity contribution in [3.63, 3.8) is 0 Å². The molecule has 1 saturated heterocycles. The topological polar surface area (TPSA) is 58.4 Å². The van der Waals surface area contributed by atoms with E-state index in [-0.39, 0.29) is 11.9 Å². The smallest absolute Gasteiger partial charge is 0.227 e. The Morgan fingerprint density at radius 2 is 2.10 bits per heavy atom. The van der Waals surface area contributed by atoms with Crippen molar-refractivity contribution >= 4 is 16.9 Å². The van der Waals surface area contributed by atoms with Gasteiger partial charge in [0.05, 0.1) is 24.9 Å². The standard InChI is InChI=1S/C24H29N3O2/c1-17-8-9-22-19(16-29-24(22)18(17)2)14-23(28)27(15-20-6-3-4-12-26-20)21-7-5-11-25-13-10-21/h3-4,6,8-9,12,16,21,25H,5,7,10-11,13-15H2,1-2H3. The van der Waals surface area contributed by atoms with E-state index in [4.69, 9.17) is 4.42 Å². The number of amides is 1. The fourth-order valence-corrected chi connectivity index (χ4v) is 4.19. The first-order valence-corrected chi connectivity index (χ1v) is 10.5. The minimum atomic E-state index is 0.142.